The lowest BCUT2D eigenvalue weighted by atomic mass is 9.76. The topological polar surface area (TPSA) is 47.7 Å². The summed E-state index contributed by atoms with van der Waals surface area (Å²) in [4.78, 5) is 5.97. The summed E-state index contributed by atoms with van der Waals surface area (Å²) in [6.45, 7) is 10.3. The molecule has 1 aliphatic rings. The second-order valence-corrected chi connectivity index (χ2v) is 9.43. The van der Waals surface area contributed by atoms with Crippen LogP contribution in [0.25, 0.3) is 22.3 Å². The average Bonchev–Trinajstić information content (AvgIpc) is 3.20. The maximum atomic E-state index is 4.67. The van der Waals surface area contributed by atoms with Gasteiger partial charge in [-0.1, -0.05) is 33.8 Å². The summed E-state index contributed by atoms with van der Waals surface area (Å²) in [6.07, 6.45) is 4.62. The minimum absolute atomic E-state index is 0.368. The number of nitrogens with one attached hydrogen (secondary N) is 2. The number of benzene rings is 1. The van der Waals surface area contributed by atoms with E-state index >= 15 is 0 Å². The van der Waals surface area contributed by atoms with E-state index in [4.69, 9.17) is 0 Å². The number of H-pyrrole nitrogens is 2. The third-order valence-electron chi connectivity index (χ3n) is 6.00. The van der Waals surface area contributed by atoms with Gasteiger partial charge in [-0.05, 0) is 55.2 Å². The Morgan fingerprint density at radius 3 is 2.81 bits per heavy atom. The monoisotopic (exact) mass is 364 g/mol. The van der Waals surface area contributed by atoms with Crippen LogP contribution in [0.3, 0.4) is 0 Å². The van der Waals surface area contributed by atoms with Crippen LogP contribution in [0.4, 0.5) is 5.69 Å². The molecule has 0 unspecified atom stereocenters. The second kappa shape index (κ2) is 6.74. The molecule has 3 aromatic rings. The van der Waals surface area contributed by atoms with E-state index in [1.54, 1.807) is 0 Å². The van der Waals surface area contributed by atoms with Crippen molar-refractivity contribution in [1.82, 2.24) is 15.2 Å². The molecule has 27 heavy (non-hydrogen) atoms. The third kappa shape index (κ3) is 3.62. The maximum absolute atomic E-state index is 4.67. The Labute approximate surface area is 162 Å². The van der Waals surface area contributed by atoms with Gasteiger partial charge >= 0.3 is 0 Å². The molecule has 0 saturated carbocycles. The van der Waals surface area contributed by atoms with E-state index in [2.05, 4.69) is 79.1 Å². The molecule has 0 aliphatic heterocycles. The van der Waals surface area contributed by atoms with E-state index in [-0.39, 0.29) is 0 Å². The summed E-state index contributed by atoms with van der Waals surface area (Å²) in [5, 5.41) is 9.22. The Bertz CT molecular complexity index is 945. The molecule has 2 N–H and O–H groups in total. The zero-order valence-corrected chi connectivity index (χ0v) is 17.3. The molecule has 4 nitrogen and oxygen atoms in total. The van der Waals surface area contributed by atoms with Crippen LogP contribution in [-0.2, 0) is 12.8 Å². The predicted octanol–water partition coefficient (Wildman–Crippen LogP) is 5.56. The second-order valence-electron chi connectivity index (χ2n) is 9.43. The predicted molar refractivity (Wildman–Crippen MR) is 114 cm³/mol. The van der Waals surface area contributed by atoms with Gasteiger partial charge in [0.15, 0.2) is 0 Å². The summed E-state index contributed by atoms with van der Waals surface area (Å²) >= 11 is 0. The SMILES string of the molecule is CC(C)CCN(C)c1ccc2cc(-c3n[nH]c4c3CCC(C)(C)C4)[nH]c2c1. The summed E-state index contributed by atoms with van der Waals surface area (Å²) in [5.41, 5.74) is 7.76. The van der Waals surface area contributed by atoms with Crippen molar-refractivity contribution in [2.75, 3.05) is 18.5 Å². The van der Waals surface area contributed by atoms with Crippen LogP contribution >= 0.6 is 0 Å². The average molecular weight is 365 g/mol. The van der Waals surface area contributed by atoms with Crippen LogP contribution in [0.5, 0.6) is 0 Å². The highest BCUT2D eigenvalue weighted by molar-refractivity contribution is 5.88. The van der Waals surface area contributed by atoms with Crippen molar-refractivity contribution in [3.8, 4) is 11.4 Å². The number of hydrogen-bond donors (Lipinski definition) is 2. The van der Waals surface area contributed by atoms with Gasteiger partial charge in [-0.25, -0.2) is 0 Å². The Hall–Kier alpha value is -2.23. The maximum Gasteiger partial charge on any atom is 0.112 e. The van der Waals surface area contributed by atoms with Gasteiger partial charge in [0.25, 0.3) is 0 Å². The molecule has 4 rings (SSSR count). The third-order valence-corrected chi connectivity index (χ3v) is 6.00. The minimum atomic E-state index is 0.368. The fourth-order valence-electron chi connectivity index (χ4n) is 4.13. The first-order chi connectivity index (χ1) is 12.8. The standard InChI is InChI=1S/C23H32N4/c1-15(2)9-11-27(5)17-7-6-16-12-20(24-19(16)13-17)22-18-8-10-23(3,4)14-21(18)25-26-22/h6-7,12-13,15,24H,8-11,14H2,1-5H3,(H,25,26). The Kier molecular flexibility index (Phi) is 4.53. The van der Waals surface area contributed by atoms with Crippen molar-refractivity contribution in [2.45, 2.75) is 53.4 Å². The molecule has 2 heterocycles. The highest BCUT2D eigenvalue weighted by Gasteiger charge is 2.29. The molecule has 4 heteroatoms. The minimum Gasteiger partial charge on any atom is -0.375 e. The lowest BCUT2D eigenvalue weighted by molar-refractivity contribution is 0.312. The number of rotatable bonds is 5. The van der Waals surface area contributed by atoms with Crippen molar-refractivity contribution in [3.05, 3.63) is 35.5 Å². The summed E-state index contributed by atoms with van der Waals surface area (Å²) < 4.78 is 0. The molecule has 144 valence electrons. The Morgan fingerprint density at radius 1 is 1.22 bits per heavy atom. The number of nitrogens with zero attached hydrogens (tertiary/aromatic N) is 2. The first kappa shape index (κ1) is 18.1. The number of fused-ring (bicyclic) bond motifs is 2. The van der Waals surface area contributed by atoms with Crippen LogP contribution < -0.4 is 4.90 Å². The van der Waals surface area contributed by atoms with Gasteiger partial charge in [0.05, 0.1) is 5.69 Å². The zero-order valence-electron chi connectivity index (χ0n) is 17.3. The molecule has 1 aromatic carbocycles. The van der Waals surface area contributed by atoms with Gasteiger partial charge in [-0.3, -0.25) is 5.10 Å². The molecule has 0 saturated heterocycles. The summed E-state index contributed by atoms with van der Waals surface area (Å²) in [7, 11) is 2.18. The van der Waals surface area contributed by atoms with Crippen molar-refractivity contribution in [1.29, 1.82) is 0 Å². The molecule has 2 aromatic heterocycles. The van der Waals surface area contributed by atoms with Crippen LogP contribution in [0.15, 0.2) is 24.3 Å². The van der Waals surface area contributed by atoms with E-state index < -0.39 is 0 Å². The van der Waals surface area contributed by atoms with Crippen molar-refractivity contribution >= 4 is 16.6 Å². The lowest BCUT2D eigenvalue weighted by Crippen LogP contribution is -2.21. The fraction of sp³-hybridized carbons (Fsp3) is 0.522. The first-order valence-corrected chi connectivity index (χ1v) is 10.2. The number of hydrogen-bond acceptors (Lipinski definition) is 2. The molecule has 0 atom stereocenters. The first-order valence-electron chi connectivity index (χ1n) is 10.2. The highest BCUT2D eigenvalue weighted by Crippen LogP contribution is 2.38. The van der Waals surface area contributed by atoms with Crippen molar-refractivity contribution < 1.29 is 0 Å². The van der Waals surface area contributed by atoms with Crippen LogP contribution in [0, 0.1) is 11.3 Å². The van der Waals surface area contributed by atoms with E-state index in [1.807, 2.05) is 0 Å². The van der Waals surface area contributed by atoms with E-state index in [0.717, 1.165) is 36.7 Å². The smallest absolute Gasteiger partial charge is 0.112 e. The summed E-state index contributed by atoms with van der Waals surface area (Å²) in [5.74, 6) is 0.726. The zero-order chi connectivity index (χ0) is 19.2. The Morgan fingerprint density at radius 2 is 2.04 bits per heavy atom. The van der Waals surface area contributed by atoms with E-state index in [9.17, 15) is 0 Å². The largest absolute Gasteiger partial charge is 0.375 e. The lowest BCUT2D eigenvalue weighted by Gasteiger charge is -2.28. The molecule has 1 aliphatic carbocycles. The quantitative estimate of drug-likeness (QED) is 0.623. The van der Waals surface area contributed by atoms with E-state index in [0.29, 0.717) is 5.41 Å². The van der Waals surface area contributed by atoms with Crippen molar-refractivity contribution in [3.63, 3.8) is 0 Å². The van der Waals surface area contributed by atoms with Gasteiger partial charge in [0.2, 0.25) is 0 Å². The molecule has 0 radical (unpaired) electrons. The van der Waals surface area contributed by atoms with Crippen LogP contribution in [0.2, 0.25) is 0 Å². The number of anilines is 1. The van der Waals surface area contributed by atoms with Crippen molar-refractivity contribution in [2.24, 2.45) is 11.3 Å². The highest BCUT2D eigenvalue weighted by atomic mass is 15.1. The molecular formula is C23H32N4. The normalized spacial score (nSPS) is 16.1. The summed E-state index contributed by atoms with van der Waals surface area (Å²) in [6, 6.07) is 8.95. The Balaban J connectivity index is 1.62. The van der Waals surface area contributed by atoms with Gasteiger partial charge in [0.1, 0.15) is 5.69 Å². The molecule has 0 spiro atoms. The van der Waals surface area contributed by atoms with Gasteiger partial charge in [0, 0.05) is 41.4 Å². The molecule has 0 fully saturated rings. The molecule has 0 amide bonds. The van der Waals surface area contributed by atoms with Gasteiger partial charge in [-0.15, -0.1) is 0 Å². The van der Waals surface area contributed by atoms with Gasteiger partial charge in [-0.2, -0.15) is 5.10 Å². The number of aromatic nitrogens is 3. The molecular weight excluding hydrogens is 332 g/mol. The number of aromatic amines is 2. The van der Waals surface area contributed by atoms with Gasteiger partial charge < -0.3 is 9.88 Å². The fourth-order valence-corrected chi connectivity index (χ4v) is 4.13. The van der Waals surface area contributed by atoms with E-state index in [1.165, 1.54) is 40.7 Å². The molecule has 0 bridgehead atoms. The van der Waals surface area contributed by atoms with Crippen LogP contribution in [-0.4, -0.2) is 28.8 Å². The van der Waals surface area contributed by atoms with Crippen LogP contribution in [0.1, 0.15) is 51.8 Å².